The van der Waals surface area contributed by atoms with E-state index in [1.54, 1.807) is 0 Å². The van der Waals surface area contributed by atoms with Crippen molar-refractivity contribution in [3.8, 4) is 0 Å². The van der Waals surface area contributed by atoms with Gasteiger partial charge < -0.3 is 10.6 Å². The van der Waals surface area contributed by atoms with Crippen molar-refractivity contribution in [3.63, 3.8) is 0 Å². The van der Waals surface area contributed by atoms with E-state index >= 15 is 0 Å². The molecule has 16 heavy (non-hydrogen) atoms. The summed E-state index contributed by atoms with van der Waals surface area (Å²) in [5, 5.41) is 0. The van der Waals surface area contributed by atoms with Crippen molar-refractivity contribution in [2.75, 3.05) is 19.6 Å². The summed E-state index contributed by atoms with van der Waals surface area (Å²) in [7, 11) is 0. The molecule has 0 aliphatic carbocycles. The fourth-order valence-electron chi connectivity index (χ4n) is 2.36. The first-order valence-corrected chi connectivity index (χ1v) is 6.95. The molecule has 1 aliphatic rings. The molecule has 0 amide bonds. The van der Waals surface area contributed by atoms with E-state index in [-0.39, 0.29) is 0 Å². The molecule has 2 nitrogen and oxygen atoms in total. The van der Waals surface area contributed by atoms with Gasteiger partial charge in [0.05, 0.1) is 0 Å². The standard InChI is InChI=1S/C14H30N2/c1-14(2,3)9-8-13(15)12-16-10-6-4-5-7-11-16/h13H,4-12,15H2,1-3H3. The monoisotopic (exact) mass is 226 g/mol. The molecule has 0 aromatic carbocycles. The van der Waals surface area contributed by atoms with Gasteiger partial charge in [-0.25, -0.2) is 0 Å². The van der Waals surface area contributed by atoms with Gasteiger partial charge in [-0.1, -0.05) is 33.6 Å². The molecule has 1 fully saturated rings. The van der Waals surface area contributed by atoms with E-state index in [1.165, 1.54) is 51.6 Å². The Morgan fingerprint density at radius 1 is 1.06 bits per heavy atom. The largest absolute Gasteiger partial charge is 0.327 e. The average Bonchev–Trinajstić information content (AvgIpc) is 2.42. The Morgan fingerprint density at radius 3 is 2.12 bits per heavy atom. The zero-order valence-electron chi connectivity index (χ0n) is 11.5. The van der Waals surface area contributed by atoms with Gasteiger partial charge in [0.2, 0.25) is 0 Å². The number of rotatable bonds is 4. The van der Waals surface area contributed by atoms with Gasteiger partial charge in [0.1, 0.15) is 0 Å². The van der Waals surface area contributed by atoms with Crippen LogP contribution in [0.25, 0.3) is 0 Å². The summed E-state index contributed by atoms with van der Waals surface area (Å²) in [6, 6.07) is 0.373. The third kappa shape index (κ3) is 6.49. The van der Waals surface area contributed by atoms with Crippen molar-refractivity contribution >= 4 is 0 Å². The highest BCUT2D eigenvalue weighted by atomic mass is 15.1. The van der Waals surface area contributed by atoms with Crippen molar-refractivity contribution in [1.29, 1.82) is 0 Å². The highest BCUT2D eigenvalue weighted by molar-refractivity contribution is 4.73. The van der Waals surface area contributed by atoms with Crippen LogP contribution in [0.3, 0.4) is 0 Å². The highest BCUT2D eigenvalue weighted by Gasteiger charge is 2.16. The van der Waals surface area contributed by atoms with E-state index in [4.69, 9.17) is 5.73 Å². The average molecular weight is 226 g/mol. The van der Waals surface area contributed by atoms with Crippen LogP contribution < -0.4 is 5.73 Å². The summed E-state index contributed by atoms with van der Waals surface area (Å²) in [6.07, 6.45) is 7.96. The first kappa shape index (κ1) is 14.0. The fraction of sp³-hybridized carbons (Fsp3) is 1.00. The predicted molar refractivity (Wildman–Crippen MR) is 71.6 cm³/mol. The minimum atomic E-state index is 0.373. The van der Waals surface area contributed by atoms with Crippen LogP contribution in [0.1, 0.15) is 59.3 Å². The predicted octanol–water partition coefficient (Wildman–Crippen LogP) is 3.02. The van der Waals surface area contributed by atoms with Crippen molar-refractivity contribution in [1.82, 2.24) is 4.90 Å². The van der Waals surface area contributed by atoms with Gasteiger partial charge in [-0.2, -0.15) is 0 Å². The molecule has 1 heterocycles. The first-order chi connectivity index (χ1) is 7.47. The van der Waals surface area contributed by atoms with Gasteiger partial charge in [-0.3, -0.25) is 0 Å². The van der Waals surface area contributed by atoms with Gasteiger partial charge in [0.25, 0.3) is 0 Å². The lowest BCUT2D eigenvalue weighted by Gasteiger charge is -2.26. The topological polar surface area (TPSA) is 29.3 Å². The van der Waals surface area contributed by atoms with E-state index in [0.717, 1.165) is 6.54 Å². The van der Waals surface area contributed by atoms with Crippen LogP contribution in [-0.2, 0) is 0 Å². The maximum absolute atomic E-state index is 6.22. The van der Waals surface area contributed by atoms with E-state index in [0.29, 0.717) is 11.5 Å². The molecule has 0 aromatic heterocycles. The molecule has 0 radical (unpaired) electrons. The van der Waals surface area contributed by atoms with Crippen LogP contribution in [0.4, 0.5) is 0 Å². The summed E-state index contributed by atoms with van der Waals surface area (Å²) in [5.41, 5.74) is 6.65. The molecule has 1 saturated heterocycles. The zero-order valence-corrected chi connectivity index (χ0v) is 11.5. The van der Waals surface area contributed by atoms with Crippen LogP contribution in [0, 0.1) is 5.41 Å². The third-order valence-corrected chi connectivity index (χ3v) is 3.46. The van der Waals surface area contributed by atoms with Crippen LogP contribution >= 0.6 is 0 Å². The SMILES string of the molecule is CC(C)(C)CCC(N)CN1CCCCCC1. The Morgan fingerprint density at radius 2 is 1.62 bits per heavy atom. The molecule has 96 valence electrons. The number of hydrogen-bond acceptors (Lipinski definition) is 2. The van der Waals surface area contributed by atoms with Gasteiger partial charge in [-0.15, -0.1) is 0 Å². The normalized spacial score (nSPS) is 21.8. The smallest absolute Gasteiger partial charge is 0.0168 e. The summed E-state index contributed by atoms with van der Waals surface area (Å²) >= 11 is 0. The minimum Gasteiger partial charge on any atom is -0.327 e. The molecule has 0 aromatic rings. The van der Waals surface area contributed by atoms with Crippen LogP contribution in [0.2, 0.25) is 0 Å². The Bertz CT molecular complexity index is 176. The summed E-state index contributed by atoms with van der Waals surface area (Å²) in [4.78, 5) is 2.57. The Kier molecular flexibility index (Phi) is 5.77. The third-order valence-electron chi connectivity index (χ3n) is 3.46. The maximum atomic E-state index is 6.22. The molecular weight excluding hydrogens is 196 g/mol. The summed E-state index contributed by atoms with van der Waals surface area (Å²) in [5.74, 6) is 0. The van der Waals surface area contributed by atoms with Crippen LogP contribution in [-0.4, -0.2) is 30.6 Å². The van der Waals surface area contributed by atoms with E-state index in [9.17, 15) is 0 Å². The lowest BCUT2D eigenvalue weighted by molar-refractivity contribution is 0.248. The molecular formula is C14H30N2. The molecule has 1 atom stereocenters. The second kappa shape index (κ2) is 6.61. The Hall–Kier alpha value is -0.0800. The van der Waals surface area contributed by atoms with Crippen LogP contribution in [0.15, 0.2) is 0 Å². The second-order valence-electron chi connectivity index (χ2n) is 6.57. The number of nitrogens with zero attached hydrogens (tertiary/aromatic N) is 1. The molecule has 2 N–H and O–H groups in total. The fourth-order valence-corrected chi connectivity index (χ4v) is 2.36. The second-order valence-corrected chi connectivity index (χ2v) is 6.57. The Labute approximate surface area is 102 Å². The maximum Gasteiger partial charge on any atom is 0.0168 e. The van der Waals surface area contributed by atoms with E-state index in [1.807, 2.05) is 0 Å². The minimum absolute atomic E-state index is 0.373. The molecule has 0 saturated carbocycles. The van der Waals surface area contributed by atoms with Crippen LogP contribution in [0.5, 0.6) is 0 Å². The number of nitrogens with two attached hydrogens (primary N) is 1. The lowest BCUT2D eigenvalue weighted by atomic mass is 9.89. The van der Waals surface area contributed by atoms with E-state index in [2.05, 4.69) is 25.7 Å². The van der Waals surface area contributed by atoms with Gasteiger partial charge in [0, 0.05) is 12.6 Å². The first-order valence-electron chi connectivity index (χ1n) is 6.95. The number of likely N-dealkylation sites (tertiary alicyclic amines) is 1. The lowest BCUT2D eigenvalue weighted by Crippen LogP contribution is -2.38. The highest BCUT2D eigenvalue weighted by Crippen LogP contribution is 2.21. The van der Waals surface area contributed by atoms with Crippen molar-refractivity contribution in [2.45, 2.75) is 65.3 Å². The van der Waals surface area contributed by atoms with Gasteiger partial charge >= 0.3 is 0 Å². The molecule has 1 aliphatic heterocycles. The molecule has 1 unspecified atom stereocenters. The van der Waals surface area contributed by atoms with Gasteiger partial charge in [-0.05, 0) is 44.2 Å². The summed E-state index contributed by atoms with van der Waals surface area (Å²) in [6.45, 7) is 10.5. The number of hydrogen-bond donors (Lipinski definition) is 1. The zero-order chi connectivity index (χ0) is 12.0. The van der Waals surface area contributed by atoms with Gasteiger partial charge in [0.15, 0.2) is 0 Å². The molecule has 2 heteroatoms. The Balaban J connectivity index is 2.19. The quantitative estimate of drug-likeness (QED) is 0.798. The molecule has 1 rings (SSSR count). The van der Waals surface area contributed by atoms with E-state index < -0.39 is 0 Å². The van der Waals surface area contributed by atoms with Crippen molar-refractivity contribution < 1.29 is 0 Å². The summed E-state index contributed by atoms with van der Waals surface area (Å²) < 4.78 is 0. The molecule has 0 spiro atoms. The molecule has 0 bridgehead atoms. The van der Waals surface area contributed by atoms with Crippen molar-refractivity contribution in [2.24, 2.45) is 11.1 Å². The van der Waals surface area contributed by atoms with Crippen molar-refractivity contribution in [3.05, 3.63) is 0 Å².